The number of halogens is 1. The highest BCUT2D eigenvalue weighted by molar-refractivity contribution is 6.30. The van der Waals surface area contributed by atoms with E-state index in [1.807, 2.05) is 54.8 Å². The van der Waals surface area contributed by atoms with Gasteiger partial charge in [0.05, 0.1) is 6.20 Å². The van der Waals surface area contributed by atoms with Crippen LogP contribution in [0.15, 0.2) is 78.7 Å². The fraction of sp³-hybridized carbons (Fsp3) is 0.394. The summed E-state index contributed by atoms with van der Waals surface area (Å²) < 4.78 is 6.86. The van der Waals surface area contributed by atoms with Crippen LogP contribution in [0.25, 0.3) is 16.6 Å². The molecule has 3 unspecified atom stereocenters. The molecule has 4 N–H and O–H groups in total. The minimum Gasteiger partial charge on any atom is -0.466 e. The summed E-state index contributed by atoms with van der Waals surface area (Å²) in [6, 6.07) is 12.3. The molecule has 41 heavy (non-hydrogen) atoms. The SMILES string of the molecule is CC1(C)CCC(CC2CNCCN2C2(Oc3cnc4[nH]ccc4c3)C=CC=CC2C(N)=O)=C(c2ccc(Cl)cc2)C1. The second kappa shape index (κ2) is 11.1. The van der Waals surface area contributed by atoms with Gasteiger partial charge in [-0.05, 0) is 72.6 Å². The lowest BCUT2D eigenvalue weighted by Crippen LogP contribution is -2.67. The molecule has 3 aromatic rings. The number of benzene rings is 1. The van der Waals surface area contributed by atoms with Crippen LogP contribution < -0.4 is 15.8 Å². The van der Waals surface area contributed by atoms with Crippen LogP contribution in [-0.4, -0.2) is 52.2 Å². The van der Waals surface area contributed by atoms with E-state index in [0.29, 0.717) is 12.3 Å². The van der Waals surface area contributed by atoms with Crippen molar-refractivity contribution >= 4 is 34.1 Å². The maximum atomic E-state index is 13.0. The maximum absolute atomic E-state index is 13.0. The van der Waals surface area contributed by atoms with Crippen molar-refractivity contribution in [3.05, 3.63) is 89.3 Å². The minimum absolute atomic E-state index is 0.0872. The van der Waals surface area contributed by atoms with Crippen molar-refractivity contribution in [1.82, 2.24) is 20.2 Å². The van der Waals surface area contributed by atoms with Crippen molar-refractivity contribution in [3.63, 3.8) is 0 Å². The van der Waals surface area contributed by atoms with Crippen LogP contribution >= 0.6 is 11.6 Å². The number of H-pyrrole nitrogens is 1. The van der Waals surface area contributed by atoms with Crippen molar-refractivity contribution in [2.75, 3.05) is 19.6 Å². The van der Waals surface area contributed by atoms with Gasteiger partial charge >= 0.3 is 0 Å². The average molecular weight is 572 g/mol. The number of hydrogen-bond acceptors (Lipinski definition) is 5. The van der Waals surface area contributed by atoms with E-state index in [0.717, 1.165) is 54.8 Å². The standard InChI is InChI=1S/C33H38ClN5O2/c1-32(2)13-10-23(28(19-32)22-6-8-25(34)9-7-22)17-26-20-36-15-16-39(26)33(12-4-3-5-29(33)30(35)40)41-27-18-24-11-14-37-31(24)38-21-27/h3-9,11-12,14,18,21,26,29,36H,10,13,15-17,19-20H2,1-2H3,(H2,35,40)(H,37,38). The van der Waals surface area contributed by atoms with Gasteiger partial charge in [0.25, 0.3) is 0 Å². The van der Waals surface area contributed by atoms with E-state index in [1.54, 1.807) is 6.20 Å². The van der Waals surface area contributed by atoms with E-state index in [-0.39, 0.29) is 11.5 Å². The number of nitrogens with zero attached hydrogens (tertiary/aromatic N) is 2. The van der Waals surface area contributed by atoms with Crippen LogP contribution in [0.2, 0.25) is 5.02 Å². The van der Waals surface area contributed by atoms with Crippen molar-refractivity contribution in [2.24, 2.45) is 17.1 Å². The molecule has 0 spiro atoms. The van der Waals surface area contributed by atoms with E-state index in [4.69, 9.17) is 22.1 Å². The van der Waals surface area contributed by atoms with Crippen LogP contribution in [0.4, 0.5) is 0 Å². The maximum Gasteiger partial charge on any atom is 0.230 e. The van der Waals surface area contributed by atoms with E-state index in [9.17, 15) is 4.79 Å². The van der Waals surface area contributed by atoms with Crippen LogP contribution in [-0.2, 0) is 4.79 Å². The Labute approximate surface area is 246 Å². The number of nitrogens with two attached hydrogens (primary N) is 1. The van der Waals surface area contributed by atoms with Gasteiger partial charge in [0, 0.05) is 42.3 Å². The highest BCUT2D eigenvalue weighted by Gasteiger charge is 2.50. The molecule has 7 nitrogen and oxygen atoms in total. The number of piperazine rings is 1. The normalized spacial score (nSPS) is 26.4. The molecule has 0 bridgehead atoms. The molecule has 2 aromatic heterocycles. The summed E-state index contributed by atoms with van der Waals surface area (Å²) in [5.41, 5.74) is 10.1. The number of primary amides is 1. The van der Waals surface area contributed by atoms with Crippen molar-refractivity contribution in [1.29, 1.82) is 0 Å². The lowest BCUT2D eigenvalue weighted by molar-refractivity contribution is -0.141. The Bertz CT molecular complexity index is 1520. The number of carbonyl (C=O) groups is 1. The summed E-state index contributed by atoms with van der Waals surface area (Å²) in [5, 5.41) is 5.30. The number of fused-ring (bicyclic) bond motifs is 1. The van der Waals surface area contributed by atoms with Gasteiger partial charge in [-0.3, -0.25) is 9.69 Å². The summed E-state index contributed by atoms with van der Waals surface area (Å²) in [6.45, 7) is 6.98. The molecule has 0 radical (unpaired) electrons. The zero-order valence-corrected chi connectivity index (χ0v) is 24.5. The van der Waals surface area contributed by atoms with Crippen LogP contribution in [0, 0.1) is 11.3 Å². The van der Waals surface area contributed by atoms with Gasteiger partial charge < -0.3 is 20.8 Å². The second-order valence-electron chi connectivity index (χ2n) is 12.2. The Morgan fingerprint density at radius 3 is 2.85 bits per heavy atom. The average Bonchev–Trinajstić information content (AvgIpc) is 3.43. The molecule has 6 rings (SSSR count). The molecule has 1 amide bonds. The number of hydrogen-bond donors (Lipinski definition) is 3. The number of pyridine rings is 1. The van der Waals surface area contributed by atoms with Gasteiger partial charge in [-0.25, -0.2) is 4.98 Å². The Morgan fingerprint density at radius 2 is 2.05 bits per heavy atom. The third-order valence-electron chi connectivity index (χ3n) is 8.82. The predicted molar refractivity (Wildman–Crippen MR) is 164 cm³/mol. The lowest BCUT2D eigenvalue weighted by atomic mass is 9.71. The number of aromatic nitrogens is 2. The predicted octanol–water partition coefficient (Wildman–Crippen LogP) is 5.85. The summed E-state index contributed by atoms with van der Waals surface area (Å²) in [6.07, 6.45) is 15.3. The quantitative estimate of drug-likeness (QED) is 0.331. The van der Waals surface area contributed by atoms with Crippen molar-refractivity contribution in [2.45, 2.75) is 51.3 Å². The van der Waals surface area contributed by atoms with Gasteiger partial charge in [-0.15, -0.1) is 0 Å². The first-order valence-electron chi connectivity index (χ1n) is 14.5. The van der Waals surface area contributed by atoms with E-state index in [1.165, 1.54) is 16.7 Å². The number of amides is 1. The third-order valence-corrected chi connectivity index (χ3v) is 9.07. The fourth-order valence-electron chi connectivity index (χ4n) is 6.71. The molecule has 214 valence electrons. The van der Waals surface area contributed by atoms with Gasteiger partial charge in [0.15, 0.2) is 5.72 Å². The first-order valence-corrected chi connectivity index (χ1v) is 14.8. The molecule has 3 aliphatic rings. The summed E-state index contributed by atoms with van der Waals surface area (Å²) in [5.74, 6) is -0.481. The van der Waals surface area contributed by atoms with Gasteiger partial charge in [0.1, 0.15) is 17.3 Å². The smallest absolute Gasteiger partial charge is 0.230 e. The van der Waals surface area contributed by atoms with Crippen LogP contribution in [0.1, 0.15) is 45.1 Å². The molecule has 8 heteroatoms. The Hall–Kier alpha value is -3.39. The molecule has 1 fully saturated rings. The van der Waals surface area contributed by atoms with Crippen molar-refractivity contribution < 1.29 is 9.53 Å². The van der Waals surface area contributed by atoms with E-state index < -0.39 is 17.6 Å². The highest BCUT2D eigenvalue weighted by atomic mass is 35.5. The Balaban J connectivity index is 1.40. The molecular formula is C33H38ClN5O2. The number of ether oxygens (including phenoxy) is 1. The molecule has 1 aliphatic heterocycles. The number of carbonyl (C=O) groups excluding carboxylic acids is 1. The third kappa shape index (κ3) is 5.59. The highest BCUT2D eigenvalue weighted by Crippen LogP contribution is 2.46. The Kier molecular flexibility index (Phi) is 7.53. The summed E-state index contributed by atoms with van der Waals surface area (Å²) in [4.78, 5) is 23.0. The molecule has 1 saturated heterocycles. The molecule has 3 atom stereocenters. The molecule has 2 aliphatic carbocycles. The second-order valence-corrected chi connectivity index (χ2v) is 12.7. The van der Waals surface area contributed by atoms with Gasteiger partial charge in [0.2, 0.25) is 5.91 Å². The monoisotopic (exact) mass is 571 g/mol. The number of nitrogens with one attached hydrogen (secondary N) is 2. The van der Waals surface area contributed by atoms with Crippen molar-refractivity contribution in [3.8, 4) is 5.75 Å². The molecule has 0 saturated carbocycles. The molecule has 1 aromatic carbocycles. The summed E-state index contributed by atoms with van der Waals surface area (Å²) in [7, 11) is 0. The first-order chi connectivity index (χ1) is 19.7. The number of rotatable bonds is 7. The minimum atomic E-state index is -1.08. The largest absolute Gasteiger partial charge is 0.466 e. The topological polar surface area (TPSA) is 96.3 Å². The Morgan fingerprint density at radius 1 is 1.22 bits per heavy atom. The van der Waals surface area contributed by atoms with Crippen LogP contribution in [0.5, 0.6) is 5.75 Å². The van der Waals surface area contributed by atoms with Crippen LogP contribution in [0.3, 0.4) is 0 Å². The van der Waals surface area contributed by atoms with Gasteiger partial charge in [-0.2, -0.15) is 0 Å². The molecular weight excluding hydrogens is 534 g/mol. The first kappa shape index (κ1) is 27.8. The van der Waals surface area contributed by atoms with E-state index >= 15 is 0 Å². The number of allylic oxidation sites excluding steroid dienone is 3. The zero-order chi connectivity index (χ0) is 28.6. The zero-order valence-electron chi connectivity index (χ0n) is 23.7. The fourth-order valence-corrected chi connectivity index (χ4v) is 6.83. The van der Waals surface area contributed by atoms with E-state index in [2.05, 4.69) is 46.2 Å². The lowest BCUT2D eigenvalue weighted by Gasteiger charge is -2.51. The molecule has 3 heterocycles. The van der Waals surface area contributed by atoms with Gasteiger partial charge in [-0.1, -0.05) is 61.4 Å². The number of aromatic amines is 1. The summed E-state index contributed by atoms with van der Waals surface area (Å²) >= 11 is 6.25.